The van der Waals surface area contributed by atoms with Gasteiger partial charge in [-0.25, -0.2) is 0 Å². The topological polar surface area (TPSA) is 38.0 Å². The summed E-state index contributed by atoms with van der Waals surface area (Å²) < 4.78 is 41.0. The van der Waals surface area contributed by atoms with Crippen molar-refractivity contribution in [2.45, 2.75) is 57.3 Å². The summed E-state index contributed by atoms with van der Waals surface area (Å²) in [4.78, 5) is 0. The largest absolute Gasteiger partial charge is 0.391 e. The second-order valence-electron chi connectivity index (χ2n) is 5.75. The zero-order chi connectivity index (χ0) is 15.1. The van der Waals surface area contributed by atoms with Crippen LogP contribution in [0.15, 0.2) is 10.7 Å². The molecule has 20 heavy (non-hydrogen) atoms. The van der Waals surface area contributed by atoms with Gasteiger partial charge in [0, 0.05) is 6.04 Å². The van der Waals surface area contributed by atoms with E-state index < -0.39 is 17.7 Å². The third kappa shape index (κ3) is 2.88. The van der Waals surface area contributed by atoms with Crippen LogP contribution in [0.5, 0.6) is 0 Å². The molecule has 1 N–H and O–H groups in total. The van der Waals surface area contributed by atoms with E-state index in [4.69, 9.17) is 0 Å². The maximum Gasteiger partial charge on any atom is 0.391 e. The average Bonchev–Trinajstić information content (AvgIpc) is 2.71. The molecule has 3 nitrogen and oxygen atoms in total. The summed E-state index contributed by atoms with van der Waals surface area (Å²) in [5, 5.41) is 14.9. The van der Waals surface area contributed by atoms with E-state index in [1.165, 1.54) is 6.20 Å². The molecule has 1 fully saturated rings. The molecular formula is C13H18BrF3N2O. The van der Waals surface area contributed by atoms with E-state index in [0.29, 0.717) is 23.0 Å². The Bertz CT molecular complexity index is 486. The lowest BCUT2D eigenvalue weighted by molar-refractivity contribution is -0.202. The number of nitrogens with zero attached hydrogens (tertiary/aromatic N) is 2. The fraction of sp³-hybridized carbons (Fsp3) is 0.769. The molecule has 1 aromatic heterocycles. The van der Waals surface area contributed by atoms with E-state index in [9.17, 15) is 18.3 Å². The van der Waals surface area contributed by atoms with Gasteiger partial charge in [-0.15, -0.1) is 0 Å². The molecule has 0 radical (unpaired) electrons. The highest BCUT2D eigenvalue weighted by Gasteiger charge is 2.49. The lowest BCUT2D eigenvalue weighted by Crippen LogP contribution is -2.40. The molecule has 7 heteroatoms. The Kier molecular flexibility index (Phi) is 4.22. The van der Waals surface area contributed by atoms with E-state index in [1.54, 1.807) is 4.68 Å². The van der Waals surface area contributed by atoms with Crippen LogP contribution in [-0.4, -0.2) is 21.1 Å². The Morgan fingerprint density at radius 1 is 1.50 bits per heavy atom. The van der Waals surface area contributed by atoms with E-state index in [1.807, 2.05) is 13.8 Å². The van der Waals surface area contributed by atoms with Crippen molar-refractivity contribution in [1.29, 1.82) is 0 Å². The van der Waals surface area contributed by atoms with Crippen LogP contribution in [0.2, 0.25) is 0 Å². The highest BCUT2D eigenvalue weighted by molar-refractivity contribution is 9.10. The van der Waals surface area contributed by atoms with Crippen LogP contribution < -0.4 is 0 Å². The third-order valence-corrected chi connectivity index (χ3v) is 4.45. The number of hydrogen-bond acceptors (Lipinski definition) is 2. The maximum absolute atomic E-state index is 12.9. The minimum Gasteiger partial charge on any atom is -0.384 e. The van der Waals surface area contributed by atoms with Crippen molar-refractivity contribution in [3.05, 3.63) is 16.4 Å². The minimum absolute atomic E-state index is 0.0217. The van der Waals surface area contributed by atoms with Crippen LogP contribution in [0.1, 0.15) is 51.3 Å². The first-order valence-corrected chi connectivity index (χ1v) is 7.47. The normalized spacial score (nSPS) is 28.1. The Morgan fingerprint density at radius 3 is 2.70 bits per heavy atom. The molecule has 114 valence electrons. The third-order valence-electron chi connectivity index (χ3n) is 3.87. The monoisotopic (exact) mass is 354 g/mol. The number of aliphatic hydroxyl groups is 1. The molecule has 2 atom stereocenters. The maximum atomic E-state index is 12.9. The molecule has 0 amide bonds. The SMILES string of the molecule is CC(C)n1ncc(Br)c1C1(O)CCCC(C(F)(F)F)C1. The summed E-state index contributed by atoms with van der Waals surface area (Å²) in [5.74, 6) is -1.45. The van der Waals surface area contributed by atoms with Crippen molar-refractivity contribution in [2.75, 3.05) is 0 Å². The van der Waals surface area contributed by atoms with Crippen LogP contribution in [0.25, 0.3) is 0 Å². The number of rotatable bonds is 2. The van der Waals surface area contributed by atoms with Gasteiger partial charge in [0.15, 0.2) is 0 Å². The van der Waals surface area contributed by atoms with Gasteiger partial charge in [-0.05, 0) is 55.5 Å². The highest BCUT2D eigenvalue weighted by Crippen LogP contribution is 2.47. The van der Waals surface area contributed by atoms with E-state index in [-0.39, 0.29) is 18.9 Å². The predicted molar refractivity (Wildman–Crippen MR) is 72.2 cm³/mol. The fourth-order valence-electron chi connectivity index (χ4n) is 2.92. The molecule has 0 spiro atoms. The summed E-state index contributed by atoms with van der Waals surface area (Å²) in [6, 6.07) is -0.0217. The van der Waals surface area contributed by atoms with E-state index >= 15 is 0 Å². The first kappa shape index (κ1) is 15.8. The summed E-state index contributed by atoms with van der Waals surface area (Å²) >= 11 is 3.30. The van der Waals surface area contributed by atoms with Gasteiger partial charge >= 0.3 is 6.18 Å². The molecule has 1 aromatic rings. The van der Waals surface area contributed by atoms with Gasteiger partial charge in [0.1, 0.15) is 5.60 Å². The van der Waals surface area contributed by atoms with Gasteiger partial charge in [-0.2, -0.15) is 18.3 Å². The molecule has 0 saturated heterocycles. The van der Waals surface area contributed by atoms with Crippen LogP contribution in [-0.2, 0) is 5.60 Å². The van der Waals surface area contributed by atoms with Gasteiger partial charge in [0.25, 0.3) is 0 Å². The smallest absolute Gasteiger partial charge is 0.384 e. The van der Waals surface area contributed by atoms with Crippen molar-refractivity contribution in [3.63, 3.8) is 0 Å². The molecule has 1 saturated carbocycles. The summed E-state index contributed by atoms with van der Waals surface area (Å²) in [6.07, 6.45) is -2.26. The zero-order valence-corrected chi connectivity index (χ0v) is 13.0. The van der Waals surface area contributed by atoms with Crippen molar-refractivity contribution < 1.29 is 18.3 Å². The molecule has 1 aliphatic carbocycles. The van der Waals surface area contributed by atoms with Crippen LogP contribution >= 0.6 is 15.9 Å². The first-order chi connectivity index (χ1) is 9.15. The van der Waals surface area contributed by atoms with Crippen molar-refractivity contribution >= 4 is 15.9 Å². The summed E-state index contributed by atoms with van der Waals surface area (Å²) in [6.45, 7) is 3.77. The minimum atomic E-state index is -4.26. The van der Waals surface area contributed by atoms with Gasteiger partial charge in [-0.3, -0.25) is 4.68 Å². The Morgan fingerprint density at radius 2 is 2.15 bits per heavy atom. The van der Waals surface area contributed by atoms with Crippen molar-refractivity contribution in [1.82, 2.24) is 9.78 Å². The lowest BCUT2D eigenvalue weighted by atomic mass is 9.76. The van der Waals surface area contributed by atoms with Crippen LogP contribution in [0, 0.1) is 5.92 Å². The van der Waals surface area contributed by atoms with E-state index in [0.717, 1.165) is 0 Å². The van der Waals surface area contributed by atoms with E-state index in [2.05, 4.69) is 21.0 Å². The van der Waals surface area contributed by atoms with Crippen molar-refractivity contribution in [2.24, 2.45) is 5.92 Å². The number of halogens is 4. The van der Waals surface area contributed by atoms with Gasteiger partial charge in [0.05, 0.1) is 22.3 Å². The summed E-state index contributed by atoms with van der Waals surface area (Å²) in [5.41, 5.74) is -1.01. The number of aromatic nitrogens is 2. The second kappa shape index (κ2) is 5.33. The second-order valence-corrected chi connectivity index (χ2v) is 6.60. The standard InChI is InChI=1S/C13H18BrF3N2O/c1-8(2)19-11(10(14)7-18-19)12(20)5-3-4-9(6-12)13(15,16)17/h7-9,20H,3-6H2,1-2H3. The molecule has 2 rings (SSSR count). The predicted octanol–water partition coefficient (Wildman–Crippen LogP) is 4.17. The number of alkyl halides is 3. The Balaban J connectivity index is 2.38. The average molecular weight is 355 g/mol. The van der Waals surface area contributed by atoms with Crippen LogP contribution in [0.4, 0.5) is 13.2 Å². The Labute approximate surface area is 124 Å². The zero-order valence-electron chi connectivity index (χ0n) is 11.4. The van der Waals surface area contributed by atoms with Gasteiger partial charge in [-0.1, -0.05) is 0 Å². The molecule has 2 unspecified atom stereocenters. The first-order valence-electron chi connectivity index (χ1n) is 6.68. The van der Waals surface area contributed by atoms with Crippen LogP contribution in [0.3, 0.4) is 0 Å². The molecule has 0 aliphatic heterocycles. The summed E-state index contributed by atoms with van der Waals surface area (Å²) in [7, 11) is 0. The molecule has 0 aromatic carbocycles. The molecular weight excluding hydrogens is 337 g/mol. The van der Waals surface area contributed by atoms with Crippen molar-refractivity contribution in [3.8, 4) is 0 Å². The lowest BCUT2D eigenvalue weighted by Gasteiger charge is -2.38. The molecule has 0 bridgehead atoms. The molecule has 1 aliphatic rings. The Hall–Kier alpha value is -0.560. The highest BCUT2D eigenvalue weighted by atomic mass is 79.9. The van der Waals surface area contributed by atoms with Gasteiger partial charge in [0.2, 0.25) is 0 Å². The quantitative estimate of drug-likeness (QED) is 0.865. The number of hydrogen-bond donors (Lipinski definition) is 1. The fourth-order valence-corrected chi connectivity index (χ4v) is 3.56. The molecule has 1 heterocycles. The van der Waals surface area contributed by atoms with Gasteiger partial charge < -0.3 is 5.11 Å².